The monoisotopic (exact) mass is 395 g/mol. The summed E-state index contributed by atoms with van der Waals surface area (Å²) in [5, 5.41) is 25.4. The number of likely N-dealkylation sites (N-methyl/N-ethyl adjacent to an activating group) is 2. The highest BCUT2D eigenvalue weighted by Crippen LogP contribution is 1.85. The second kappa shape index (κ2) is 14.3. The zero-order valence-corrected chi connectivity index (χ0v) is 15.0. The highest BCUT2D eigenvalue weighted by atomic mass is 127. The normalized spacial score (nSPS) is 10.1. The molecule has 0 heterocycles. The van der Waals surface area contributed by atoms with Crippen LogP contribution in [0.5, 0.6) is 0 Å². The van der Waals surface area contributed by atoms with Gasteiger partial charge in [-0.15, -0.1) is 0 Å². The van der Waals surface area contributed by atoms with Crippen LogP contribution in [0, 0.1) is 0 Å². The zero-order valence-electron chi connectivity index (χ0n) is 12.9. The van der Waals surface area contributed by atoms with E-state index in [0.29, 0.717) is 0 Å². The lowest BCUT2D eigenvalue weighted by Crippen LogP contribution is -3.00. The molecule has 8 heteroatoms. The Kier molecular flexibility index (Phi) is 20.4. The van der Waals surface area contributed by atoms with E-state index in [4.69, 9.17) is 20.1 Å². The lowest BCUT2D eigenvalue weighted by atomic mass is 10.5. The van der Waals surface area contributed by atoms with E-state index in [1.54, 1.807) is 0 Å². The summed E-state index contributed by atoms with van der Waals surface area (Å²) in [5.41, 5.74) is 3.92. The number of aliphatic hydroxyl groups excluding tert-OH is 2. The molecule has 0 unspecified atom stereocenters. The Morgan fingerprint density at radius 2 is 1.11 bits per heavy atom. The molecule has 0 fully saturated rings. The Morgan fingerprint density at radius 3 is 1.11 bits per heavy atom. The van der Waals surface area contributed by atoms with Gasteiger partial charge in [0.2, 0.25) is 0 Å². The van der Waals surface area contributed by atoms with Gasteiger partial charge >= 0.3 is 0 Å². The molecular formula is C11H30IN3O4. The summed E-state index contributed by atoms with van der Waals surface area (Å²) in [6.45, 7) is 2.23. The summed E-state index contributed by atoms with van der Waals surface area (Å²) in [5.74, 6) is 0. The van der Waals surface area contributed by atoms with Crippen LogP contribution in [0.2, 0.25) is 0 Å². The van der Waals surface area contributed by atoms with E-state index in [9.17, 15) is 0 Å². The molecule has 0 aliphatic heterocycles. The lowest BCUT2D eigenvalue weighted by Gasteiger charge is -2.21. The number of hydrogen-bond acceptors (Lipinski definition) is 4. The maximum atomic E-state index is 8.67. The van der Waals surface area contributed by atoms with Crippen LogP contribution >= 0.6 is 0 Å². The number of amides is 1. The van der Waals surface area contributed by atoms with Gasteiger partial charge in [0, 0.05) is 0 Å². The van der Waals surface area contributed by atoms with E-state index in [2.05, 4.69) is 48.0 Å². The van der Waals surface area contributed by atoms with Gasteiger partial charge in [-0.2, -0.15) is 0 Å². The first-order chi connectivity index (χ1) is 7.85. The molecule has 1 amide bonds. The molecule has 120 valence electrons. The summed E-state index contributed by atoms with van der Waals surface area (Å²) in [4.78, 5) is 8.67. The fourth-order valence-corrected chi connectivity index (χ4v) is 0.600. The number of carbonyl (C=O) groups excluding carboxylic acids is 1. The van der Waals surface area contributed by atoms with Crippen LogP contribution in [-0.4, -0.2) is 93.9 Å². The Labute approximate surface area is 133 Å². The smallest absolute Gasteiger partial charge is 0.131 e. The van der Waals surface area contributed by atoms with Crippen molar-refractivity contribution in [3.05, 3.63) is 0 Å². The van der Waals surface area contributed by atoms with E-state index >= 15 is 0 Å². The average Bonchev–Trinajstić information content (AvgIpc) is 1.97. The molecule has 0 aromatic heterocycles. The van der Waals surface area contributed by atoms with Crippen molar-refractivity contribution >= 4 is 6.09 Å². The van der Waals surface area contributed by atoms with Crippen molar-refractivity contribution in [3.8, 4) is 0 Å². The molecule has 0 aliphatic carbocycles. The van der Waals surface area contributed by atoms with Crippen LogP contribution in [0.4, 0.5) is 4.79 Å². The van der Waals surface area contributed by atoms with Gasteiger partial charge in [0.05, 0.1) is 55.5 Å². The molecular weight excluding hydrogens is 365 g/mol. The molecule has 0 atom stereocenters. The highest BCUT2D eigenvalue weighted by molar-refractivity contribution is 5.58. The van der Waals surface area contributed by atoms with Crippen LogP contribution in [0.25, 0.3) is 0 Å². The van der Waals surface area contributed by atoms with E-state index < -0.39 is 6.09 Å². The van der Waals surface area contributed by atoms with Crippen molar-refractivity contribution in [1.82, 2.24) is 0 Å². The van der Waals surface area contributed by atoms with Gasteiger partial charge in [0.1, 0.15) is 19.2 Å². The van der Waals surface area contributed by atoms with Gasteiger partial charge in [0.15, 0.2) is 0 Å². The number of carboxylic acid groups (broad SMARTS) is 1. The van der Waals surface area contributed by atoms with Crippen LogP contribution in [0.3, 0.4) is 0 Å². The molecule has 0 aliphatic rings. The Bertz CT molecular complexity index is 183. The van der Waals surface area contributed by atoms with Crippen LogP contribution in [-0.2, 0) is 0 Å². The third-order valence-electron chi connectivity index (χ3n) is 1.54. The topological polar surface area (TPSA) is 107 Å². The van der Waals surface area contributed by atoms with Gasteiger partial charge in [-0.05, 0) is 0 Å². The first-order valence-electron chi connectivity index (χ1n) is 5.65. The molecule has 0 aromatic rings. The number of halogens is 1. The van der Waals surface area contributed by atoms with Crippen molar-refractivity contribution in [2.24, 2.45) is 5.73 Å². The van der Waals surface area contributed by atoms with Crippen LogP contribution in [0.1, 0.15) is 0 Å². The zero-order chi connectivity index (χ0) is 15.4. The quantitative estimate of drug-likeness (QED) is 0.327. The van der Waals surface area contributed by atoms with E-state index in [1.165, 1.54) is 0 Å². The maximum absolute atomic E-state index is 8.67. The first-order valence-corrected chi connectivity index (χ1v) is 5.65. The minimum atomic E-state index is -1.58. The second-order valence-electron chi connectivity index (χ2n) is 5.79. The maximum Gasteiger partial charge on any atom is 0.131 e. The molecule has 0 saturated heterocycles. The van der Waals surface area contributed by atoms with E-state index in [0.717, 1.165) is 22.1 Å². The summed E-state index contributed by atoms with van der Waals surface area (Å²) in [6, 6.07) is 0. The summed E-state index contributed by atoms with van der Waals surface area (Å²) < 4.78 is 1.69. The van der Waals surface area contributed by atoms with Crippen molar-refractivity contribution in [2.75, 3.05) is 68.6 Å². The SMILES string of the molecule is C[N+](C)(C)CCO.C[N+](C)(C)CCO.NC(=O)[O-].[I-]. The molecule has 4 N–H and O–H groups in total. The van der Waals surface area contributed by atoms with Gasteiger partial charge < -0.3 is 58.8 Å². The van der Waals surface area contributed by atoms with Gasteiger partial charge in [-0.1, -0.05) is 0 Å². The molecule has 0 aromatic carbocycles. The molecule has 19 heavy (non-hydrogen) atoms. The van der Waals surface area contributed by atoms with Crippen LogP contribution in [0.15, 0.2) is 0 Å². The molecule has 0 radical (unpaired) electrons. The fraction of sp³-hybridized carbons (Fsp3) is 0.909. The number of primary amides is 1. The van der Waals surface area contributed by atoms with Crippen LogP contribution < -0.4 is 34.8 Å². The molecule has 0 saturated carbocycles. The molecule has 0 spiro atoms. The fourth-order valence-electron chi connectivity index (χ4n) is 0.600. The summed E-state index contributed by atoms with van der Waals surface area (Å²) in [7, 11) is 12.3. The number of quaternary nitrogens is 2. The lowest BCUT2D eigenvalue weighted by molar-refractivity contribution is -0.870. The first kappa shape index (κ1) is 27.2. The van der Waals surface area contributed by atoms with Gasteiger partial charge in [-0.25, -0.2) is 0 Å². The third kappa shape index (κ3) is 72.8. The van der Waals surface area contributed by atoms with Crippen molar-refractivity contribution < 1.29 is 53.1 Å². The van der Waals surface area contributed by atoms with Crippen molar-refractivity contribution in [3.63, 3.8) is 0 Å². The molecule has 0 bridgehead atoms. The number of nitrogens with zero attached hydrogens (tertiary/aromatic N) is 2. The Balaban J connectivity index is -0.0000000900. The second-order valence-corrected chi connectivity index (χ2v) is 5.79. The van der Waals surface area contributed by atoms with Gasteiger partial charge in [-0.3, -0.25) is 0 Å². The van der Waals surface area contributed by atoms with E-state index in [-0.39, 0.29) is 37.2 Å². The van der Waals surface area contributed by atoms with E-state index in [1.807, 2.05) is 0 Å². The number of aliphatic hydroxyl groups is 2. The number of rotatable bonds is 4. The van der Waals surface area contributed by atoms with Gasteiger partial charge in [0.25, 0.3) is 0 Å². The minimum absolute atomic E-state index is 0. The van der Waals surface area contributed by atoms with Crippen molar-refractivity contribution in [2.45, 2.75) is 0 Å². The predicted octanol–water partition coefficient (Wildman–Crippen LogP) is -5.34. The molecule has 0 rings (SSSR count). The third-order valence-corrected chi connectivity index (χ3v) is 1.54. The van der Waals surface area contributed by atoms with Crippen molar-refractivity contribution in [1.29, 1.82) is 0 Å². The number of hydrogen-bond donors (Lipinski definition) is 3. The highest BCUT2D eigenvalue weighted by Gasteiger charge is 2.02. The largest absolute Gasteiger partial charge is 1.00 e. The number of nitrogens with two attached hydrogens (primary N) is 1. The molecule has 7 nitrogen and oxygen atoms in total. The summed E-state index contributed by atoms with van der Waals surface area (Å²) in [6.07, 6.45) is -1.58. The predicted molar refractivity (Wildman–Crippen MR) is 69.6 cm³/mol. The number of carbonyl (C=O) groups is 1. The summed E-state index contributed by atoms with van der Waals surface area (Å²) >= 11 is 0. The Morgan fingerprint density at radius 1 is 0.947 bits per heavy atom. The standard InChI is InChI=1S/2C5H14NO.CH3NO2.HI/c2*1-6(2,3)4-5-7;2-1(3)4;/h2*7H,4-5H2,1-3H3;2H2,(H,3,4);1H/q2*+1;;/p-2. The Hall–Kier alpha value is -0.160. The minimum Gasteiger partial charge on any atom is -1.00 e. The average molecular weight is 395 g/mol.